The summed E-state index contributed by atoms with van der Waals surface area (Å²) in [6.45, 7) is 3.52. The third-order valence-electron chi connectivity index (χ3n) is 7.07. The van der Waals surface area contributed by atoms with Crippen molar-refractivity contribution < 1.29 is 37.7 Å². The first-order valence-electron chi connectivity index (χ1n) is 13.6. The van der Waals surface area contributed by atoms with E-state index in [-0.39, 0.29) is 17.7 Å². The van der Waals surface area contributed by atoms with Crippen molar-refractivity contribution in [1.82, 2.24) is 4.57 Å². The Hall–Kier alpha value is -4.81. The van der Waals surface area contributed by atoms with E-state index in [1.54, 1.807) is 62.4 Å². The highest BCUT2D eigenvalue weighted by Crippen LogP contribution is 2.42. The Morgan fingerprint density at radius 3 is 2.36 bits per heavy atom. The molecular weight excluding hydrogens is 624 g/mol. The van der Waals surface area contributed by atoms with E-state index in [0.29, 0.717) is 59.9 Å². The summed E-state index contributed by atoms with van der Waals surface area (Å²) in [5.74, 6) is 0.602. The number of rotatable bonds is 9. The molecule has 0 saturated heterocycles. The van der Waals surface area contributed by atoms with Crippen LogP contribution >= 0.6 is 22.9 Å². The zero-order valence-corrected chi connectivity index (χ0v) is 26.8. The third-order valence-corrected chi connectivity index (χ3v) is 8.29. The average Bonchev–Trinajstić information content (AvgIpc) is 3.62. The van der Waals surface area contributed by atoms with Crippen LogP contribution in [0.1, 0.15) is 41.6 Å². The van der Waals surface area contributed by atoms with Crippen LogP contribution in [0.15, 0.2) is 67.9 Å². The Bertz CT molecular complexity index is 2000. The van der Waals surface area contributed by atoms with E-state index >= 15 is 0 Å². The summed E-state index contributed by atoms with van der Waals surface area (Å²) >= 11 is 7.33. The van der Waals surface area contributed by atoms with Crippen molar-refractivity contribution in [3.8, 4) is 28.6 Å². The second kappa shape index (κ2) is 13.0. The van der Waals surface area contributed by atoms with E-state index in [9.17, 15) is 14.4 Å². The monoisotopic (exact) mass is 652 g/mol. The highest BCUT2D eigenvalue weighted by Gasteiger charge is 2.35. The lowest BCUT2D eigenvalue weighted by molar-refractivity contribution is -0.139. The highest BCUT2D eigenvalue weighted by atomic mass is 35.5. The van der Waals surface area contributed by atoms with Crippen LogP contribution in [0, 0.1) is 0 Å². The van der Waals surface area contributed by atoms with Gasteiger partial charge >= 0.3 is 11.9 Å². The molecule has 3 heterocycles. The number of hydrogen-bond acceptors (Lipinski definition) is 11. The molecule has 0 unspecified atom stereocenters. The normalized spacial score (nSPS) is 14.5. The van der Waals surface area contributed by atoms with Crippen molar-refractivity contribution in [2.75, 3.05) is 35.0 Å². The quantitative estimate of drug-likeness (QED) is 0.240. The van der Waals surface area contributed by atoms with E-state index in [4.69, 9.17) is 39.7 Å². The van der Waals surface area contributed by atoms with E-state index < -0.39 is 23.5 Å². The van der Waals surface area contributed by atoms with E-state index in [1.165, 1.54) is 33.0 Å². The van der Waals surface area contributed by atoms with Gasteiger partial charge in [-0.25, -0.2) is 14.6 Å². The molecule has 0 N–H and O–H groups in total. The van der Waals surface area contributed by atoms with Crippen LogP contribution in [-0.4, -0.2) is 51.6 Å². The topological polar surface area (TPSA) is 128 Å². The number of esters is 2. The van der Waals surface area contributed by atoms with Crippen LogP contribution in [0.2, 0.25) is 5.02 Å². The van der Waals surface area contributed by atoms with Gasteiger partial charge in [0.15, 0.2) is 16.3 Å². The van der Waals surface area contributed by atoms with Crippen molar-refractivity contribution in [2.24, 2.45) is 4.99 Å². The van der Waals surface area contributed by atoms with Gasteiger partial charge in [-0.3, -0.25) is 9.36 Å². The van der Waals surface area contributed by atoms with Crippen molar-refractivity contribution in [2.45, 2.75) is 19.9 Å². The van der Waals surface area contributed by atoms with E-state index in [0.717, 1.165) is 11.3 Å². The molecule has 0 fully saturated rings. The van der Waals surface area contributed by atoms with E-state index in [2.05, 4.69) is 4.99 Å². The molecule has 0 radical (unpaired) electrons. The second-order valence-electron chi connectivity index (χ2n) is 9.64. The molecule has 2 aromatic carbocycles. The van der Waals surface area contributed by atoms with E-state index in [1.807, 2.05) is 0 Å². The van der Waals surface area contributed by atoms with Gasteiger partial charge in [-0.15, -0.1) is 0 Å². The molecular formula is C32H29ClN2O9S. The lowest BCUT2D eigenvalue weighted by Gasteiger charge is -2.26. The number of ether oxygens (including phenoxy) is 5. The molecule has 0 saturated carbocycles. The summed E-state index contributed by atoms with van der Waals surface area (Å²) in [5, 5.41) is 0.406. The predicted octanol–water partition coefficient (Wildman–Crippen LogP) is 4.52. The summed E-state index contributed by atoms with van der Waals surface area (Å²) in [7, 11) is 5.73. The molecule has 0 amide bonds. The molecule has 45 heavy (non-hydrogen) atoms. The Balaban J connectivity index is 1.68. The number of methoxy groups -OCH3 is 4. The number of thiazole rings is 1. The molecule has 234 valence electrons. The number of fused-ring (bicyclic) bond motifs is 1. The molecule has 5 rings (SSSR count). The van der Waals surface area contributed by atoms with Crippen LogP contribution in [0.5, 0.6) is 17.2 Å². The number of furan rings is 1. The number of hydrogen-bond donors (Lipinski definition) is 0. The Morgan fingerprint density at radius 2 is 1.73 bits per heavy atom. The summed E-state index contributed by atoms with van der Waals surface area (Å²) < 4.78 is 34.6. The van der Waals surface area contributed by atoms with Crippen LogP contribution in [0.4, 0.5) is 0 Å². The third kappa shape index (κ3) is 5.86. The molecule has 1 atom stereocenters. The maximum absolute atomic E-state index is 14.1. The standard InChI is InChI=1S/C32H29ClN2O9S/c1-7-43-31(38)26-16(2)34-32-35(27(26)17-12-23(39-3)28(41-5)24(13-17)40-4)29(36)25(45-32)15-19-9-11-22(44-19)21-14-18(33)8-10-20(21)30(37)42-6/h8-15,27H,7H2,1-6H3/b25-15+/t27-/m0/s1. The lowest BCUT2D eigenvalue weighted by Crippen LogP contribution is -2.40. The molecule has 11 nitrogen and oxygen atoms in total. The van der Waals surface area contributed by atoms with Gasteiger partial charge in [-0.1, -0.05) is 22.9 Å². The minimum atomic E-state index is -0.919. The Kier molecular flexibility index (Phi) is 9.16. The minimum absolute atomic E-state index is 0.132. The molecule has 1 aliphatic heterocycles. The largest absolute Gasteiger partial charge is 0.493 e. The van der Waals surface area contributed by atoms with Crippen LogP contribution in [0.25, 0.3) is 17.4 Å². The van der Waals surface area contributed by atoms with Gasteiger partial charge in [0.25, 0.3) is 5.56 Å². The maximum atomic E-state index is 14.1. The fourth-order valence-electron chi connectivity index (χ4n) is 5.08. The van der Waals surface area contributed by atoms with Crippen LogP contribution < -0.4 is 29.1 Å². The predicted molar refractivity (Wildman–Crippen MR) is 167 cm³/mol. The first kappa shape index (κ1) is 31.6. The van der Waals surface area contributed by atoms with Crippen molar-refractivity contribution in [3.05, 3.63) is 95.3 Å². The zero-order valence-electron chi connectivity index (χ0n) is 25.3. The molecule has 2 aromatic heterocycles. The molecule has 0 spiro atoms. The first-order chi connectivity index (χ1) is 21.6. The number of carbonyl (C=O) groups is 2. The minimum Gasteiger partial charge on any atom is -0.493 e. The fourth-order valence-corrected chi connectivity index (χ4v) is 6.28. The number of benzene rings is 2. The van der Waals surface area contributed by atoms with Crippen molar-refractivity contribution >= 4 is 41.0 Å². The molecule has 1 aliphatic rings. The second-order valence-corrected chi connectivity index (χ2v) is 11.1. The molecule has 0 bridgehead atoms. The van der Waals surface area contributed by atoms with Gasteiger partial charge in [0, 0.05) is 16.7 Å². The van der Waals surface area contributed by atoms with Crippen LogP contribution in [-0.2, 0) is 14.3 Å². The molecule has 13 heteroatoms. The average molecular weight is 653 g/mol. The van der Waals surface area contributed by atoms with Crippen molar-refractivity contribution in [1.29, 1.82) is 0 Å². The summed E-state index contributed by atoms with van der Waals surface area (Å²) in [4.78, 5) is 44.7. The number of allylic oxidation sites excluding steroid dienone is 1. The smallest absolute Gasteiger partial charge is 0.338 e. The van der Waals surface area contributed by atoms with Gasteiger partial charge in [0.05, 0.1) is 62.5 Å². The summed E-state index contributed by atoms with van der Waals surface area (Å²) in [5.41, 5.74) is 1.41. The Labute approximate surface area is 266 Å². The van der Waals surface area contributed by atoms with Gasteiger partial charge in [-0.2, -0.15) is 0 Å². The summed E-state index contributed by atoms with van der Waals surface area (Å²) in [6.07, 6.45) is 1.57. The Morgan fingerprint density at radius 1 is 1.02 bits per heavy atom. The molecule has 0 aliphatic carbocycles. The fraction of sp³-hybridized carbons (Fsp3) is 0.250. The van der Waals surface area contributed by atoms with Gasteiger partial charge in [-0.05, 0) is 61.9 Å². The SMILES string of the molecule is CCOC(=O)C1=C(C)N=c2s/c(=C/c3ccc(-c4cc(Cl)ccc4C(=O)OC)o3)c(=O)n2[C@H]1c1cc(OC)c(OC)c(OC)c1. The highest BCUT2D eigenvalue weighted by molar-refractivity contribution is 7.07. The maximum Gasteiger partial charge on any atom is 0.338 e. The first-order valence-corrected chi connectivity index (χ1v) is 14.8. The zero-order chi connectivity index (χ0) is 32.4. The van der Waals surface area contributed by atoms with Crippen molar-refractivity contribution in [3.63, 3.8) is 0 Å². The number of aromatic nitrogens is 1. The van der Waals surface area contributed by atoms with Gasteiger partial charge in [0.2, 0.25) is 5.75 Å². The van der Waals surface area contributed by atoms with Gasteiger partial charge in [0.1, 0.15) is 11.5 Å². The lowest BCUT2D eigenvalue weighted by atomic mass is 9.95. The molecule has 4 aromatic rings. The number of nitrogens with zero attached hydrogens (tertiary/aromatic N) is 2. The number of carbonyl (C=O) groups excluding carboxylic acids is 2. The van der Waals surface area contributed by atoms with Gasteiger partial charge < -0.3 is 28.1 Å². The van der Waals surface area contributed by atoms with Crippen LogP contribution in [0.3, 0.4) is 0 Å². The summed E-state index contributed by atoms with van der Waals surface area (Å²) in [6, 6.07) is 10.5. The number of halogens is 1.